The van der Waals surface area contributed by atoms with Gasteiger partial charge in [0.2, 0.25) is 5.88 Å². The van der Waals surface area contributed by atoms with Crippen LogP contribution < -0.4 is 25.3 Å². The van der Waals surface area contributed by atoms with Crippen LogP contribution in [0.25, 0.3) is 0 Å². The number of hydrogen-bond acceptors (Lipinski definition) is 5. The maximum atomic E-state index is 6.04. The van der Waals surface area contributed by atoms with E-state index in [0.29, 0.717) is 35.5 Å². The Morgan fingerprint density at radius 1 is 1.14 bits per heavy atom. The second-order valence-electron chi connectivity index (χ2n) is 6.95. The minimum absolute atomic E-state index is 0. The first-order chi connectivity index (χ1) is 13.4. The number of nitrogens with two attached hydrogens (primary N) is 1. The molecule has 160 valence electrons. The molecular weight excluding hydrogens is 483 g/mol. The summed E-state index contributed by atoms with van der Waals surface area (Å²) < 4.78 is 16.5. The Kier molecular flexibility index (Phi) is 10.6. The van der Waals surface area contributed by atoms with Crippen LogP contribution in [-0.4, -0.2) is 31.3 Å². The lowest BCUT2D eigenvalue weighted by atomic mass is 10.1. The maximum Gasteiger partial charge on any atom is 0.213 e. The first-order valence-electron chi connectivity index (χ1n) is 9.31. The van der Waals surface area contributed by atoms with Crippen LogP contribution in [0.3, 0.4) is 0 Å². The van der Waals surface area contributed by atoms with E-state index in [4.69, 9.17) is 19.9 Å². The maximum absolute atomic E-state index is 6.04. The highest BCUT2D eigenvalue weighted by molar-refractivity contribution is 14.0. The number of anilines is 1. The Hall–Kier alpha value is -2.23. The zero-order valence-corrected chi connectivity index (χ0v) is 20.0. The Balaban J connectivity index is 0.00000420. The van der Waals surface area contributed by atoms with Gasteiger partial charge in [-0.05, 0) is 43.0 Å². The molecule has 0 amide bonds. The van der Waals surface area contributed by atoms with Gasteiger partial charge in [-0.2, -0.15) is 0 Å². The molecule has 0 saturated heterocycles. The molecule has 1 aromatic carbocycles. The smallest absolute Gasteiger partial charge is 0.213 e. The van der Waals surface area contributed by atoms with E-state index >= 15 is 0 Å². The normalized spacial score (nSPS) is 12.1. The van der Waals surface area contributed by atoms with E-state index in [1.807, 2.05) is 18.2 Å². The SMILES string of the molecule is COc1ccc(OC)c(NC(N)=NCc2ccnc(OC(C)CC(C)C)c2)c1.I. The first kappa shape index (κ1) is 24.8. The van der Waals surface area contributed by atoms with E-state index in [1.165, 1.54) is 0 Å². The standard InChI is InChI=1S/C21H30N4O3.HI/c1-14(2)10-15(3)28-20-11-16(8-9-23-20)13-24-21(22)25-18-12-17(26-4)6-7-19(18)27-5;/h6-9,11-12,14-15H,10,13H2,1-5H3,(H3,22,24,25);1H. The molecule has 0 aliphatic rings. The van der Waals surface area contributed by atoms with E-state index in [1.54, 1.807) is 32.5 Å². The van der Waals surface area contributed by atoms with Crippen molar-refractivity contribution in [2.24, 2.45) is 16.6 Å². The minimum atomic E-state index is 0. The van der Waals surface area contributed by atoms with Crippen molar-refractivity contribution in [3.63, 3.8) is 0 Å². The molecule has 3 N–H and O–H groups in total. The third-order valence-corrected chi connectivity index (χ3v) is 4.03. The van der Waals surface area contributed by atoms with Crippen molar-refractivity contribution in [2.45, 2.75) is 39.8 Å². The Morgan fingerprint density at radius 2 is 1.90 bits per heavy atom. The molecule has 0 spiro atoms. The van der Waals surface area contributed by atoms with E-state index in [2.05, 4.69) is 36.1 Å². The molecule has 0 bridgehead atoms. The Labute approximate surface area is 190 Å². The fraction of sp³-hybridized carbons (Fsp3) is 0.429. The Bertz CT molecular complexity index is 799. The number of methoxy groups -OCH3 is 2. The van der Waals surface area contributed by atoms with Crippen molar-refractivity contribution in [3.8, 4) is 17.4 Å². The van der Waals surface area contributed by atoms with Gasteiger partial charge in [-0.3, -0.25) is 0 Å². The molecule has 8 heteroatoms. The molecule has 1 heterocycles. The monoisotopic (exact) mass is 514 g/mol. The average Bonchev–Trinajstić information content (AvgIpc) is 2.66. The number of nitrogens with one attached hydrogen (secondary N) is 1. The van der Waals surface area contributed by atoms with Gasteiger partial charge in [-0.25, -0.2) is 9.98 Å². The lowest BCUT2D eigenvalue weighted by Crippen LogP contribution is -2.23. The molecule has 0 fully saturated rings. The lowest BCUT2D eigenvalue weighted by molar-refractivity contribution is 0.185. The number of aromatic nitrogens is 1. The molecule has 0 saturated carbocycles. The molecule has 1 aromatic heterocycles. The zero-order chi connectivity index (χ0) is 20.5. The number of rotatable bonds is 9. The predicted molar refractivity (Wildman–Crippen MR) is 128 cm³/mol. The molecular formula is C21H31IN4O3. The van der Waals surface area contributed by atoms with Crippen molar-refractivity contribution in [2.75, 3.05) is 19.5 Å². The van der Waals surface area contributed by atoms with E-state index in [9.17, 15) is 0 Å². The highest BCUT2D eigenvalue weighted by atomic mass is 127. The minimum Gasteiger partial charge on any atom is -0.497 e. The molecule has 29 heavy (non-hydrogen) atoms. The van der Waals surface area contributed by atoms with Crippen LogP contribution >= 0.6 is 24.0 Å². The van der Waals surface area contributed by atoms with E-state index < -0.39 is 0 Å². The van der Waals surface area contributed by atoms with Crippen molar-refractivity contribution in [3.05, 3.63) is 42.1 Å². The van der Waals surface area contributed by atoms with Crippen molar-refractivity contribution < 1.29 is 14.2 Å². The number of pyridine rings is 1. The zero-order valence-electron chi connectivity index (χ0n) is 17.6. The second kappa shape index (κ2) is 12.4. The van der Waals surface area contributed by atoms with E-state index in [0.717, 1.165) is 12.0 Å². The molecule has 7 nitrogen and oxygen atoms in total. The van der Waals surface area contributed by atoms with Gasteiger partial charge in [0.1, 0.15) is 11.5 Å². The topological polar surface area (TPSA) is 91.0 Å². The molecule has 0 aliphatic heterocycles. The van der Waals surface area contributed by atoms with E-state index in [-0.39, 0.29) is 36.0 Å². The summed E-state index contributed by atoms with van der Waals surface area (Å²) in [6, 6.07) is 9.20. The van der Waals surface area contributed by atoms with Crippen LogP contribution in [-0.2, 0) is 6.54 Å². The van der Waals surface area contributed by atoms with Gasteiger partial charge in [0.25, 0.3) is 0 Å². The average molecular weight is 514 g/mol. The number of benzene rings is 1. The summed E-state index contributed by atoms with van der Waals surface area (Å²) >= 11 is 0. The molecule has 1 atom stereocenters. The number of aliphatic imine (C=N–C) groups is 1. The van der Waals surface area contributed by atoms with Crippen LogP contribution in [0, 0.1) is 5.92 Å². The van der Waals surface area contributed by atoms with Crippen LogP contribution in [0.4, 0.5) is 5.69 Å². The van der Waals surface area contributed by atoms with Crippen molar-refractivity contribution >= 4 is 35.6 Å². The lowest BCUT2D eigenvalue weighted by Gasteiger charge is -2.16. The van der Waals surface area contributed by atoms with Crippen molar-refractivity contribution in [1.82, 2.24) is 4.98 Å². The van der Waals surface area contributed by atoms with Gasteiger partial charge in [-0.15, -0.1) is 24.0 Å². The number of nitrogens with zero attached hydrogens (tertiary/aromatic N) is 2. The predicted octanol–water partition coefficient (Wildman–Crippen LogP) is 4.46. The van der Waals surface area contributed by atoms with Gasteiger partial charge in [0.15, 0.2) is 5.96 Å². The van der Waals surface area contributed by atoms with Gasteiger partial charge in [0.05, 0.1) is 32.6 Å². The Morgan fingerprint density at radius 3 is 2.55 bits per heavy atom. The van der Waals surface area contributed by atoms with Crippen LogP contribution in [0.1, 0.15) is 32.8 Å². The fourth-order valence-electron chi connectivity index (χ4n) is 2.80. The molecule has 2 aromatic rings. The van der Waals surface area contributed by atoms with Gasteiger partial charge in [0, 0.05) is 18.3 Å². The summed E-state index contributed by atoms with van der Waals surface area (Å²) in [6.07, 6.45) is 2.80. The van der Waals surface area contributed by atoms with Crippen LogP contribution in [0.5, 0.6) is 17.4 Å². The molecule has 1 unspecified atom stereocenters. The summed E-state index contributed by atoms with van der Waals surface area (Å²) in [5, 5.41) is 3.05. The fourth-order valence-corrected chi connectivity index (χ4v) is 2.80. The summed E-state index contributed by atoms with van der Waals surface area (Å²) in [4.78, 5) is 8.67. The number of halogens is 1. The van der Waals surface area contributed by atoms with Crippen molar-refractivity contribution in [1.29, 1.82) is 0 Å². The second-order valence-corrected chi connectivity index (χ2v) is 6.95. The number of guanidine groups is 1. The molecule has 0 aliphatic carbocycles. The van der Waals surface area contributed by atoms with Gasteiger partial charge >= 0.3 is 0 Å². The third kappa shape index (κ3) is 8.35. The largest absolute Gasteiger partial charge is 0.497 e. The number of hydrogen-bond donors (Lipinski definition) is 2. The third-order valence-electron chi connectivity index (χ3n) is 4.03. The number of ether oxygens (including phenoxy) is 3. The molecule has 0 radical (unpaired) electrons. The highest BCUT2D eigenvalue weighted by Gasteiger charge is 2.09. The quantitative estimate of drug-likeness (QED) is 0.292. The van der Waals surface area contributed by atoms with Crippen LogP contribution in [0.15, 0.2) is 41.5 Å². The van der Waals surface area contributed by atoms with Gasteiger partial charge < -0.3 is 25.3 Å². The summed E-state index contributed by atoms with van der Waals surface area (Å²) in [6.45, 7) is 6.80. The summed E-state index contributed by atoms with van der Waals surface area (Å²) in [5.74, 6) is 2.79. The molecule has 2 rings (SSSR count). The first-order valence-corrected chi connectivity index (χ1v) is 9.31. The summed E-state index contributed by atoms with van der Waals surface area (Å²) in [7, 11) is 3.20. The summed E-state index contributed by atoms with van der Waals surface area (Å²) in [5.41, 5.74) is 7.68. The van der Waals surface area contributed by atoms with Gasteiger partial charge in [-0.1, -0.05) is 13.8 Å². The highest BCUT2D eigenvalue weighted by Crippen LogP contribution is 2.28. The van der Waals surface area contributed by atoms with Crippen LogP contribution in [0.2, 0.25) is 0 Å².